The van der Waals surface area contributed by atoms with Crippen molar-refractivity contribution in [2.24, 2.45) is 5.41 Å². The van der Waals surface area contributed by atoms with Crippen molar-refractivity contribution in [3.63, 3.8) is 0 Å². The van der Waals surface area contributed by atoms with Gasteiger partial charge in [0.15, 0.2) is 0 Å². The Morgan fingerprint density at radius 1 is 1.05 bits per heavy atom. The van der Waals surface area contributed by atoms with Gasteiger partial charge in [0.05, 0.1) is 5.52 Å². The van der Waals surface area contributed by atoms with Gasteiger partial charge >= 0.3 is 0 Å². The summed E-state index contributed by atoms with van der Waals surface area (Å²) in [6.07, 6.45) is 4.16. The molecule has 5 heterocycles. The summed E-state index contributed by atoms with van der Waals surface area (Å²) in [4.78, 5) is 36.8. The Balaban J connectivity index is 0.964. The van der Waals surface area contributed by atoms with Gasteiger partial charge in [-0.25, -0.2) is 4.98 Å². The number of rotatable bonds is 6. The molecule has 8 nitrogen and oxygen atoms in total. The van der Waals surface area contributed by atoms with Crippen LogP contribution >= 0.6 is 0 Å². The molecular weight excluding hydrogens is 514 g/mol. The first-order valence-electron chi connectivity index (χ1n) is 15.1. The highest BCUT2D eigenvalue weighted by atomic mass is 16.5. The molecule has 2 amide bonds. The highest BCUT2D eigenvalue weighted by molar-refractivity contribution is 6.00. The number of benzene rings is 2. The van der Waals surface area contributed by atoms with Crippen LogP contribution in [0, 0.1) is 5.41 Å². The fourth-order valence-electron chi connectivity index (χ4n) is 6.87. The highest BCUT2D eigenvalue weighted by Crippen LogP contribution is 2.34. The maximum absolute atomic E-state index is 13.0. The number of pyridine rings is 1. The van der Waals surface area contributed by atoms with Crippen molar-refractivity contribution in [1.82, 2.24) is 20.1 Å². The smallest absolute Gasteiger partial charge is 0.254 e. The number of carbonyl (C=O) groups excluding carboxylic acids is 2. The topological polar surface area (TPSA) is 78.0 Å². The molecule has 4 aliphatic rings. The number of piperidine rings is 1. The molecule has 0 bridgehead atoms. The minimum atomic E-state index is -0.314. The number of anilines is 1. The molecule has 0 radical (unpaired) electrons. The van der Waals surface area contributed by atoms with Gasteiger partial charge in [-0.2, -0.15) is 0 Å². The normalized spacial score (nSPS) is 24.4. The van der Waals surface area contributed by atoms with Crippen molar-refractivity contribution in [3.8, 4) is 5.75 Å². The fourth-order valence-corrected chi connectivity index (χ4v) is 6.87. The largest absolute Gasteiger partial charge is 0.489 e. The number of nitrogens with zero attached hydrogens (tertiary/aromatic N) is 4. The van der Waals surface area contributed by atoms with Gasteiger partial charge in [0.25, 0.3) is 5.91 Å². The fraction of sp³-hybridized carbons (Fsp3) is 0.485. The van der Waals surface area contributed by atoms with Gasteiger partial charge in [-0.1, -0.05) is 19.9 Å². The number of hydrogen-bond donors (Lipinski definition) is 1. The summed E-state index contributed by atoms with van der Waals surface area (Å²) in [7, 11) is 0. The quantitative estimate of drug-likeness (QED) is 0.489. The van der Waals surface area contributed by atoms with Gasteiger partial charge < -0.3 is 15.0 Å². The lowest BCUT2D eigenvalue weighted by atomic mass is 9.92. The number of likely N-dealkylation sites (tertiary alicyclic amines) is 1. The van der Waals surface area contributed by atoms with E-state index in [9.17, 15) is 9.59 Å². The predicted octanol–water partition coefficient (Wildman–Crippen LogP) is 4.36. The first kappa shape index (κ1) is 26.4. The Labute approximate surface area is 241 Å². The van der Waals surface area contributed by atoms with Crippen molar-refractivity contribution >= 4 is 28.5 Å². The molecule has 4 aliphatic heterocycles. The van der Waals surface area contributed by atoms with Crippen molar-refractivity contribution < 1.29 is 14.3 Å². The van der Waals surface area contributed by atoms with Crippen molar-refractivity contribution in [2.45, 2.75) is 64.8 Å². The molecule has 8 heteroatoms. The molecule has 3 fully saturated rings. The van der Waals surface area contributed by atoms with Gasteiger partial charge in [0, 0.05) is 61.7 Å². The van der Waals surface area contributed by atoms with Crippen LogP contribution in [0.1, 0.15) is 61.0 Å². The highest BCUT2D eigenvalue weighted by Gasteiger charge is 2.40. The first-order valence-corrected chi connectivity index (χ1v) is 15.1. The summed E-state index contributed by atoms with van der Waals surface area (Å²) in [5, 5.41) is 4.52. The molecule has 2 aromatic carbocycles. The SMILES string of the molecule is CC1(C)CCN(c2ccc3cc(CN4CC[C@H](Oc5ccc6c(c5)CN(C5CCCNC5)C6=O)C4)ccc3n2)C1=O. The lowest BCUT2D eigenvalue weighted by Gasteiger charge is -2.31. The van der Waals surface area contributed by atoms with E-state index in [1.54, 1.807) is 0 Å². The third-order valence-electron chi connectivity index (χ3n) is 9.36. The molecule has 41 heavy (non-hydrogen) atoms. The Morgan fingerprint density at radius 3 is 2.76 bits per heavy atom. The molecule has 2 atom stereocenters. The molecule has 1 unspecified atom stereocenters. The molecule has 1 aromatic heterocycles. The van der Waals surface area contributed by atoms with E-state index in [0.29, 0.717) is 6.54 Å². The zero-order valence-corrected chi connectivity index (χ0v) is 24.1. The molecule has 214 valence electrons. The summed E-state index contributed by atoms with van der Waals surface area (Å²) in [6.45, 7) is 10.1. The summed E-state index contributed by atoms with van der Waals surface area (Å²) in [5.74, 6) is 1.91. The minimum absolute atomic E-state index is 0.135. The van der Waals surface area contributed by atoms with Crippen LogP contribution in [0.4, 0.5) is 5.82 Å². The number of carbonyl (C=O) groups is 2. The van der Waals surface area contributed by atoms with Crippen LogP contribution in [0.2, 0.25) is 0 Å². The third-order valence-corrected chi connectivity index (χ3v) is 9.36. The molecular formula is C33H39N5O3. The van der Waals surface area contributed by atoms with Crippen LogP contribution in [0.3, 0.4) is 0 Å². The maximum atomic E-state index is 13.0. The zero-order valence-electron chi connectivity index (χ0n) is 24.1. The van der Waals surface area contributed by atoms with Gasteiger partial charge in [0.2, 0.25) is 5.91 Å². The number of aromatic nitrogens is 1. The Morgan fingerprint density at radius 2 is 1.95 bits per heavy atom. The number of nitrogens with one attached hydrogen (secondary N) is 1. The average molecular weight is 554 g/mol. The van der Waals surface area contributed by atoms with Gasteiger partial charge in [0.1, 0.15) is 17.7 Å². The van der Waals surface area contributed by atoms with Crippen molar-refractivity contribution in [1.29, 1.82) is 0 Å². The summed E-state index contributed by atoms with van der Waals surface area (Å²) >= 11 is 0. The maximum Gasteiger partial charge on any atom is 0.254 e. The van der Waals surface area contributed by atoms with E-state index < -0.39 is 0 Å². The van der Waals surface area contributed by atoms with E-state index in [2.05, 4.69) is 40.5 Å². The molecule has 0 saturated carbocycles. The molecule has 7 rings (SSSR count). The molecule has 0 spiro atoms. The second-order valence-corrected chi connectivity index (χ2v) is 12.8. The van der Waals surface area contributed by atoms with Crippen LogP contribution < -0.4 is 15.0 Å². The second kappa shape index (κ2) is 10.4. The van der Waals surface area contributed by atoms with Crippen molar-refractivity contribution in [3.05, 3.63) is 65.2 Å². The standard InChI is InChI=1S/C33H39N5O3/c1-33(2)12-15-37(32(33)40)30-10-6-23-16-22(5-9-29(23)35-30)19-36-14-11-27(21-36)41-26-7-8-28-24(17-26)20-38(31(28)39)25-4-3-13-34-18-25/h5-10,16-17,25,27,34H,3-4,11-15,18-21H2,1-2H3/t25?,27-/m0/s1. The van der Waals surface area contributed by atoms with E-state index in [1.165, 1.54) is 5.56 Å². The number of ether oxygens (including phenoxy) is 1. The van der Waals surface area contributed by atoms with Gasteiger partial charge in [-0.15, -0.1) is 0 Å². The number of amides is 2. The summed E-state index contributed by atoms with van der Waals surface area (Å²) in [5.41, 5.74) is 3.76. The minimum Gasteiger partial charge on any atom is -0.489 e. The van der Waals surface area contributed by atoms with Crippen LogP contribution in [-0.2, 0) is 17.9 Å². The molecule has 1 N–H and O–H groups in total. The first-order chi connectivity index (χ1) is 19.8. The average Bonchev–Trinajstić information content (AvgIpc) is 3.64. The van der Waals surface area contributed by atoms with Gasteiger partial charge in [-0.3, -0.25) is 19.4 Å². The van der Waals surface area contributed by atoms with Crippen LogP contribution in [0.25, 0.3) is 10.9 Å². The van der Waals surface area contributed by atoms with Crippen LogP contribution in [0.15, 0.2) is 48.5 Å². The Bertz CT molecular complexity index is 1500. The zero-order chi connectivity index (χ0) is 28.1. The third kappa shape index (κ3) is 5.08. The lowest BCUT2D eigenvalue weighted by molar-refractivity contribution is -0.124. The van der Waals surface area contributed by atoms with Crippen LogP contribution in [0.5, 0.6) is 5.75 Å². The number of fused-ring (bicyclic) bond motifs is 2. The summed E-state index contributed by atoms with van der Waals surface area (Å²) < 4.78 is 6.41. The van der Waals surface area contributed by atoms with E-state index in [0.717, 1.165) is 98.5 Å². The second-order valence-electron chi connectivity index (χ2n) is 12.8. The van der Waals surface area contributed by atoms with E-state index in [1.807, 2.05) is 41.8 Å². The number of hydrogen-bond acceptors (Lipinski definition) is 6. The van der Waals surface area contributed by atoms with E-state index in [4.69, 9.17) is 9.72 Å². The molecule has 3 aromatic rings. The van der Waals surface area contributed by atoms with E-state index >= 15 is 0 Å². The predicted molar refractivity (Wildman–Crippen MR) is 159 cm³/mol. The lowest BCUT2D eigenvalue weighted by Crippen LogP contribution is -2.46. The van der Waals surface area contributed by atoms with E-state index in [-0.39, 0.29) is 29.4 Å². The van der Waals surface area contributed by atoms with Crippen LogP contribution in [-0.4, -0.2) is 71.5 Å². The molecule has 3 saturated heterocycles. The van der Waals surface area contributed by atoms with Gasteiger partial charge in [-0.05, 0) is 85.8 Å². The summed E-state index contributed by atoms with van der Waals surface area (Å²) in [6, 6.07) is 16.8. The van der Waals surface area contributed by atoms with Crippen molar-refractivity contribution in [2.75, 3.05) is 37.6 Å². The Hall–Kier alpha value is -3.49. The monoisotopic (exact) mass is 553 g/mol. The molecule has 0 aliphatic carbocycles. The Kier molecular flexibility index (Phi) is 6.70.